The summed E-state index contributed by atoms with van der Waals surface area (Å²) in [6.07, 6.45) is -6.23. The minimum absolute atomic E-state index is 0.0876. The SMILES string of the molecule is NCCCC(=O)N[C@@H](CCC(=O)O)C(=O)OOC(=O)C(F)(F)F. The summed E-state index contributed by atoms with van der Waals surface area (Å²) in [5, 5.41) is 10.6. The van der Waals surface area contributed by atoms with Crippen LogP contribution in [0.5, 0.6) is 0 Å². The minimum atomic E-state index is -5.37. The maximum atomic E-state index is 11.9. The standard InChI is InChI=1S/C11H15F3N2O7/c12-11(13,14)10(21)23-22-9(20)6(3-4-8(18)19)16-7(17)2-1-5-15/h6H,1-5,15H2,(H,16,17)(H,18,19)/t6-/m0/s1. The van der Waals surface area contributed by atoms with Crippen LogP contribution in [0.15, 0.2) is 0 Å². The van der Waals surface area contributed by atoms with Crippen LogP contribution in [0.1, 0.15) is 25.7 Å². The van der Waals surface area contributed by atoms with Crippen LogP contribution < -0.4 is 11.1 Å². The second kappa shape index (κ2) is 9.61. The quantitative estimate of drug-likeness (QED) is 0.400. The zero-order valence-electron chi connectivity index (χ0n) is 11.7. The molecule has 9 nitrogen and oxygen atoms in total. The van der Waals surface area contributed by atoms with Gasteiger partial charge in [-0.25, -0.2) is 19.4 Å². The van der Waals surface area contributed by atoms with Gasteiger partial charge in [-0.05, 0) is 19.4 Å². The summed E-state index contributed by atoms with van der Waals surface area (Å²) in [4.78, 5) is 50.8. The number of hydrogen-bond acceptors (Lipinski definition) is 7. The van der Waals surface area contributed by atoms with Gasteiger partial charge >= 0.3 is 24.1 Å². The van der Waals surface area contributed by atoms with Gasteiger partial charge in [-0.15, -0.1) is 0 Å². The lowest BCUT2D eigenvalue weighted by Gasteiger charge is -2.15. The Bertz CT molecular complexity index is 453. The summed E-state index contributed by atoms with van der Waals surface area (Å²) < 4.78 is 35.6. The van der Waals surface area contributed by atoms with Crippen LogP contribution in [0.2, 0.25) is 0 Å². The summed E-state index contributed by atoms with van der Waals surface area (Å²) in [5.41, 5.74) is 5.17. The van der Waals surface area contributed by atoms with Crippen LogP contribution >= 0.6 is 0 Å². The molecule has 0 aliphatic heterocycles. The predicted molar refractivity (Wildman–Crippen MR) is 65.3 cm³/mol. The zero-order valence-corrected chi connectivity index (χ0v) is 11.7. The Balaban J connectivity index is 4.64. The Kier molecular flexibility index (Phi) is 8.62. The second-order valence-corrected chi connectivity index (χ2v) is 4.22. The van der Waals surface area contributed by atoms with Crippen molar-refractivity contribution in [1.82, 2.24) is 5.32 Å². The lowest BCUT2D eigenvalue weighted by atomic mass is 10.1. The van der Waals surface area contributed by atoms with Gasteiger partial charge in [0.25, 0.3) is 0 Å². The Hall–Kier alpha value is -2.37. The fourth-order valence-electron chi connectivity index (χ4n) is 1.23. The van der Waals surface area contributed by atoms with Gasteiger partial charge in [0.15, 0.2) is 0 Å². The first kappa shape index (κ1) is 20.6. The summed E-state index contributed by atoms with van der Waals surface area (Å²) in [5.74, 6) is -6.31. The van der Waals surface area contributed by atoms with Crippen LogP contribution in [-0.4, -0.2) is 47.7 Å². The molecule has 0 aliphatic carbocycles. The zero-order chi connectivity index (χ0) is 18.0. The number of alkyl halides is 3. The van der Waals surface area contributed by atoms with E-state index in [4.69, 9.17) is 10.8 Å². The first-order valence-electron chi connectivity index (χ1n) is 6.28. The van der Waals surface area contributed by atoms with Crippen molar-refractivity contribution < 1.29 is 47.2 Å². The molecule has 0 rings (SSSR count). The van der Waals surface area contributed by atoms with Gasteiger partial charge in [-0.2, -0.15) is 13.2 Å². The maximum absolute atomic E-state index is 11.9. The number of amides is 1. The number of carboxylic acid groups (broad SMARTS) is 1. The van der Waals surface area contributed by atoms with Crippen LogP contribution in [-0.2, 0) is 29.0 Å². The van der Waals surface area contributed by atoms with E-state index in [1.54, 1.807) is 0 Å². The van der Waals surface area contributed by atoms with E-state index in [9.17, 15) is 32.3 Å². The predicted octanol–water partition coefficient (Wildman–Crippen LogP) is -0.361. The summed E-state index contributed by atoms with van der Waals surface area (Å²) in [6, 6.07) is -1.59. The van der Waals surface area contributed by atoms with Crippen LogP contribution in [0.4, 0.5) is 13.2 Å². The molecule has 0 saturated carbocycles. The van der Waals surface area contributed by atoms with Crippen molar-refractivity contribution in [2.24, 2.45) is 5.73 Å². The molecular formula is C11H15F3N2O7. The van der Waals surface area contributed by atoms with E-state index in [1.165, 1.54) is 0 Å². The largest absolute Gasteiger partial charge is 0.495 e. The smallest absolute Gasteiger partial charge is 0.481 e. The van der Waals surface area contributed by atoms with E-state index in [1.807, 2.05) is 0 Å². The van der Waals surface area contributed by atoms with Gasteiger partial charge in [-0.1, -0.05) is 0 Å². The van der Waals surface area contributed by atoms with Gasteiger partial charge in [0.1, 0.15) is 6.04 Å². The average Bonchev–Trinajstić information content (AvgIpc) is 2.45. The molecule has 12 heteroatoms. The number of hydrogen-bond donors (Lipinski definition) is 3. The highest BCUT2D eigenvalue weighted by atomic mass is 19.4. The van der Waals surface area contributed by atoms with E-state index < -0.39 is 48.9 Å². The van der Waals surface area contributed by atoms with Crippen molar-refractivity contribution in [3.05, 3.63) is 0 Å². The van der Waals surface area contributed by atoms with Crippen molar-refractivity contribution in [1.29, 1.82) is 0 Å². The van der Waals surface area contributed by atoms with Crippen LogP contribution in [0.3, 0.4) is 0 Å². The van der Waals surface area contributed by atoms with Crippen molar-refractivity contribution in [2.75, 3.05) is 6.54 Å². The number of nitrogens with one attached hydrogen (secondary N) is 1. The van der Waals surface area contributed by atoms with E-state index in [-0.39, 0.29) is 19.4 Å². The average molecular weight is 344 g/mol. The molecule has 0 spiro atoms. The third-order valence-electron chi connectivity index (χ3n) is 2.31. The molecule has 23 heavy (non-hydrogen) atoms. The number of carbonyl (C=O) groups excluding carboxylic acids is 3. The lowest BCUT2D eigenvalue weighted by Crippen LogP contribution is -2.43. The van der Waals surface area contributed by atoms with Crippen molar-refractivity contribution in [2.45, 2.75) is 37.9 Å². The van der Waals surface area contributed by atoms with E-state index in [0.717, 1.165) is 0 Å². The molecule has 1 amide bonds. The molecule has 0 aromatic rings. The molecule has 0 heterocycles. The van der Waals surface area contributed by atoms with Gasteiger partial charge < -0.3 is 16.2 Å². The van der Waals surface area contributed by atoms with Gasteiger partial charge in [0.05, 0.1) is 0 Å². The van der Waals surface area contributed by atoms with Crippen LogP contribution in [0.25, 0.3) is 0 Å². The highest BCUT2D eigenvalue weighted by Crippen LogP contribution is 2.16. The Morgan fingerprint density at radius 3 is 2.22 bits per heavy atom. The third kappa shape index (κ3) is 9.29. The van der Waals surface area contributed by atoms with Gasteiger partial charge in [0, 0.05) is 12.8 Å². The second-order valence-electron chi connectivity index (χ2n) is 4.22. The molecular weight excluding hydrogens is 329 g/mol. The monoisotopic (exact) mass is 344 g/mol. The summed E-state index contributed by atoms with van der Waals surface area (Å²) in [6.45, 7) is 0.181. The summed E-state index contributed by atoms with van der Waals surface area (Å²) in [7, 11) is 0. The Morgan fingerprint density at radius 2 is 1.74 bits per heavy atom. The number of carbonyl (C=O) groups is 4. The first-order valence-corrected chi connectivity index (χ1v) is 6.28. The molecule has 0 aliphatic rings. The number of aliphatic carboxylic acids is 1. The molecule has 0 unspecified atom stereocenters. The Morgan fingerprint density at radius 1 is 1.13 bits per heavy atom. The number of nitrogens with two attached hydrogens (primary N) is 1. The highest BCUT2D eigenvalue weighted by molar-refractivity contribution is 5.85. The van der Waals surface area contributed by atoms with Crippen molar-refractivity contribution in [3.63, 3.8) is 0 Å². The van der Waals surface area contributed by atoms with E-state index in [2.05, 4.69) is 15.1 Å². The molecule has 0 aromatic heterocycles. The number of halogens is 3. The lowest BCUT2D eigenvalue weighted by molar-refractivity contribution is -0.286. The van der Waals surface area contributed by atoms with Gasteiger partial charge in [0.2, 0.25) is 5.91 Å². The normalized spacial score (nSPS) is 12.2. The molecule has 0 radical (unpaired) electrons. The molecule has 132 valence electrons. The molecule has 0 fully saturated rings. The molecule has 0 bridgehead atoms. The van der Waals surface area contributed by atoms with Crippen molar-refractivity contribution in [3.8, 4) is 0 Å². The number of rotatable bonds is 8. The van der Waals surface area contributed by atoms with Crippen molar-refractivity contribution >= 4 is 23.8 Å². The minimum Gasteiger partial charge on any atom is -0.481 e. The Labute approximate surface area is 127 Å². The molecule has 0 saturated heterocycles. The third-order valence-corrected chi connectivity index (χ3v) is 2.31. The fourth-order valence-corrected chi connectivity index (χ4v) is 1.23. The summed E-state index contributed by atoms with van der Waals surface area (Å²) >= 11 is 0. The first-order chi connectivity index (χ1) is 10.6. The topological polar surface area (TPSA) is 145 Å². The molecule has 4 N–H and O–H groups in total. The molecule has 1 atom stereocenters. The van der Waals surface area contributed by atoms with Crippen LogP contribution in [0, 0.1) is 0 Å². The van der Waals surface area contributed by atoms with E-state index in [0.29, 0.717) is 0 Å². The maximum Gasteiger partial charge on any atom is 0.495 e. The highest BCUT2D eigenvalue weighted by Gasteiger charge is 2.43. The van der Waals surface area contributed by atoms with Gasteiger partial charge in [-0.3, -0.25) is 9.59 Å². The number of carboxylic acids is 1. The van der Waals surface area contributed by atoms with E-state index >= 15 is 0 Å². The fraction of sp³-hybridized carbons (Fsp3) is 0.636. The molecule has 0 aromatic carbocycles.